The van der Waals surface area contributed by atoms with Crippen molar-refractivity contribution in [2.45, 2.75) is 38.8 Å². The number of rotatable bonds is 6. The molecule has 184 valence electrons. The van der Waals surface area contributed by atoms with E-state index in [1.54, 1.807) is 11.3 Å². The van der Waals surface area contributed by atoms with Gasteiger partial charge in [0.1, 0.15) is 10.8 Å². The van der Waals surface area contributed by atoms with Gasteiger partial charge in [0.15, 0.2) is 0 Å². The minimum absolute atomic E-state index is 0.0417. The van der Waals surface area contributed by atoms with Crippen molar-refractivity contribution in [1.29, 1.82) is 0 Å². The van der Waals surface area contributed by atoms with Crippen LogP contribution in [0.15, 0.2) is 42.6 Å². The highest BCUT2D eigenvalue weighted by molar-refractivity contribution is 7.18. The molecule has 1 fully saturated rings. The van der Waals surface area contributed by atoms with Gasteiger partial charge in [-0.3, -0.25) is 0 Å². The Hall–Kier alpha value is -3.10. The summed E-state index contributed by atoms with van der Waals surface area (Å²) in [6, 6.07) is 12.7. The molecule has 0 bridgehead atoms. The summed E-state index contributed by atoms with van der Waals surface area (Å²) in [6.07, 6.45) is 3.97. The molecular weight excluding hydrogens is 458 g/mol. The van der Waals surface area contributed by atoms with Gasteiger partial charge in [0.2, 0.25) is 0 Å². The second-order valence-corrected chi connectivity index (χ2v) is 10.3. The van der Waals surface area contributed by atoms with E-state index in [2.05, 4.69) is 46.3 Å². The predicted octanol–water partition coefficient (Wildman–Crippen LogP) is 4.91. The van der Waals surface area contributed by atoms with E-state index in [0.717, 1.165) is 65.9 Å². The Labute approximate surface area is 210 Å². The number of fused-ring (bicyclic) bond motifs is 1. The Bertz CT molecular complexity index is 1200. The van der Waals surface area contributed by atoms with Crippen LogP contribution >= 0.6 is 11.3 Å². The van der Waals surface area contributed by atoms with E-state index in [4.69, 9.17) is 9.72 Å². The van der Waals surface area contributed by atoms with Gasteiger partial charge in [0.05, 0.1) is 22.7 Å². The number of amides is 2. The molecule has 2 aromatic carbocycles. The summed E-state index contributed by atoms with van der Waals surface area (Å²) in [4.78, 5) is 20.6. The molecule has 1 unspecified atom stereocenters. The first kappa shape index (κ1) is 23.6. The molecule has 7 nitrogen and oxygen atoms in total. The minimum atomic E-state index is 0.0417. The molecule has 1 aliphatic carbocycles. The number of carbonyl (C=O) groups excluding carboxylic acids is 1. The molecule has 1 aliphatic heterocycles. The molecular formula is C27H33N5O2S. The maximum absolute atomic E-state index is 12.8. The Balaban J connectivity index is 1.36. The van der Waals surface area contributed by atoms with E-state index in [1.807, 2.05) is 38.1 Å². The molecule has 1 atom stereocenters. The molecule has 8 heteroatoms. The van der Waals surface area contributed by atoms with Crippen LogP contribution in [0.1, 0.15) is 37.4 Å². The molecule has 2 heterocycles. The number of piperazine rings is 1. The van der Waals surface area contributed by atoms with Crippen LogP contribution in [0.3, 0.4) is 0 Å². The maximum Gasteiger partial charge on any atom is 0.317 e. The normalized spacial score (nSPS) is 17.4. The summed E-state index contributed by atoms with van der Waals surface area (Å²) in [5.74, 6) is 0.845. The predicted molar refractivity (Wildman–Crippen MR) is 142 cm³/mol. The number of anilines is 1. The minimum Gasteiger partial charge on any atom is -0.489 e. The lowest BCUT2D eigenvalue weighted by atomic mass is 10.0. The first-order chi connectivity index (χ1) is 17.0. The summed E-state index contributed by atoms with van der Waals surface area (Å²) in [5.41, 5.74) is 5.80. The van der Waals surface area contributed by atoms with Crippen LogP contribution in [0.4, 0.5) is 10.5 Å². The SMILES string of the molecule is CNc1cc(-c2ncc(-c3cccc4c3CCC4NC(=O)N3CCNCC3)s2)ccc1OC(C)C. The van der Waals surface area contributed by atoms with Crippen molar-refractivity contribution in [3.63, 3.8) is 0 Å². The van der Waals surface area contributed by atoms with Crippen molar-refractivity contribution in [1.82, 2.24) is 20.5 Å². The number of hydrogen-bond acceptors (Lipinski definition) is 6. The molecule has 5 rings (SSSR count). The van der Waals surface area contributed by atoms with E-state index in [9.17, 15) is 4.79 Å². The summed E-state index contributed by atoms with van der Waals surface area (Å²) < 4.78 is 5.91. The van der Waals surface area contributed by atoms with Gasteiger partial charge in [0, 0.05) is 45.0 Å². The van der Waals surface area contributed by atoms with E-state index in [-0.39, 0.29) is 18.2 Å². The fourth-order valence-corrected chi connectivity index (χ4v) is 5.86. The Morgan fingerprint density at radius 1 is 1.23 bits per heavy atom. The van der Waals surface area contributed by atoms with E-state index < -0.39 is 0 Å². The van der Waals surface area contributed by atoms with Crippen LogP contribution < -0.4 is 20.7 Å². The average Bonchev–Trinajstić information content (AvgIpc) is 3.52. The second-order valence-electron chi connectivity index (χ2n) is 9.31. The lowest BCUT2D eigenvalue weighted by Gasteiger charge is -2.29. The Morgan fingerprint density at radius 2 is 2.06 bits per heavy atom. The number of urea groups is 1. The zero-order chi connectivity index (χ0) is 24.4. The van der Waals surface area contributed by atoms with E-state index >= 15 is 0 Å². The highest BCUT2D eigenvalue weighted by Gasteiger charge is 2.28. The lowest BCUT2D eigenvalue weighted by Crippen LogP contribution is -2.50. The lowest BCUT2D eigenvalue weighted by molar-refractivity contribution is 0.186. The first-order valence-corrected chi connectivity index (χ1v) is 13.2. The summed E-state index contributed by atoms with van der Waals surface area (Å²) in [7, 11) is 1.91. The maximum atomic E-state index is 12.8. The molecule has 35 heavy (non-hydrogen) atoms. The number of ether oxygens (including phenoxy) is 1. The molecule has 2 amide bonds. The number of hydrogen-bond donors (Lipinski definition) is 3. The summed E-state index contributed by atoms with van der Waals surface area (Å²) >= 11 is 1.70. The molecule has 0 radical (unpaired) electrons. The van der Waals surface area contributed by atoms with Gasteiger partial charge in [-0.25, -0.2) is 9.78 Å². The van der Waals surface area contributed by atoms with Crippen LogP contribution in [0.2, 0.25) is 0 Å². The molecule has 3 N–H and O–H groups in total. The zero-order valence-corrected chi connectivity index (χ0v) is 21.4. The third-order valence-corrected chi connectivity index (χ3v) is 7.68. The van der Waals surface area contributed by atoms with Gasteiger partial charge in [-0.1, -0.05) is 18.2 Å². The van der Waals surface area contributed by atoms with Gasteiger partial charge in [-0.05, 0) is 61.6 Å². The van der Waals surface area contributed by atoms with Crippen molar-refractivity contribution in [3.8, 4) is 26.8 Å². The van der Waals surface area contributed by atoms with Crippen molar-refractivity contribution in [2.75, 3.05) is 38.5 Å². The molecule has 0 saturated carbocycles. The van der Waals surface area contributed by atoms with Crippen LogP contribution in [0.25, 0.3) is 21.0 Å². The monoisotopic (exact) mass is 491 g/mol. The highest BCUT2D eigenvalue weighted by atomic mass is 32.1. The first-order valence-electron chi connectivity index (χ1n) is 12.4. The van der Waals surface area contributed by atoms with Crippen LogP contribution in [-0.4, -0.2) is 55.2 Å². The number of carbonyl (C=O) groups is 1. The standard InChI is InChI=1S/C27H33N5O2S/c1-17(2)34-24-10-7-18(15-23(24)28-3)26-30-16-25(35-26)21-6-4-5-20-19(21)8-9-22(20)31-27(33)32-13-11-29-12-14-32/h4-7,10,15-17,22,28-29H,8-9,11-14H2,1-3H3,(H,31,33). The summed E-state index contributed by atoms with van der Waals surface area (Å²) in [6.45, 7) is 7.29. The molecule has 1 aromatic heterocycles. The number of benzene rings is 2. The highest BCUT2D eigenvalue weighted by Crippen LogP contribution is 2.41. The zero-order valence-electron chi connectivity index (χ0n) is 20.6. The fourth-order valence-electron chi connectivity index (χ4n) is 4.89. The van der Waals surface area contributed by atoms with E-state index in [1.165, 1.54) is 16.7 Å². The number of nitrogens with one attached hydrogen (secondary N) is 3. The topological polar surface area (TPSA) is 78.5 Å². The molecule has 1 saturated heterocycles. The van der Waals surface area contributed by atoms with Gasteiger partial charge in [0.25, 0.3) is 0 Å². The summed E-state index contributed by atoms with van der Waals surface area (Å²) in [5, 5.41) is 10.8. The smallest absolute Gasteiger partial charge is 0.317 e. The number of nitrogens with zero attached hydrogens (tertiary/aromatic N) is 2. The van der Waals surface area contributed by atoms with Gasteiger partial charge >= 0.3 is 6.03 Å². The molecule has 3 aromatic rings. The average molecular weight is 492 g/mol. The van der Waals surface area contributed by atoms with E-state index in [0.29, 0.717) is 0 Å². The van der Waals surface area contributed by atoms with Gasteiger partial charge < -0.3 is 25.6 Å². The van der Waals surface area contributed by atoms with Crippen molar-refractivity contribution in [2.24, 2.45) is 0 Å². The largest absolute Gasteiger partial charge is 0.489 e. The number of thiazole rings is 1. The van der Waals surface area contributed by atoms with Crippen LogP contribution in [0.5, 0.6) is 5.75 Å². The Kier molecular flexibility index (Phi) is 6.92. The molecule has 2 aliphatic rings. The third kappa shape index (κ3) is 4.99. The van der Waals surface area contributed by atoms with Gasteiger partial charge in [-0.2, -0.15) is 0 Å². The van der Waals surface area contributed by atoms with Crippen molar-refractivity contribution in [3.05, 3.63) is 53.7 Å². The second kappa shape index (κ2) is 10.3. The van der Waals surface area contributed by atoms with Crippen molar-refractivity contribution < 1.29 is 9.53 Å². The fraction of sp³-hybridized carbons (Fsp3) is 0.407. The quantitative estimate of drug-likeness (QED) is 0.457. The molecule has 0 spiro atoms. The number of aromatic nitrogens is 1. The third-order valence-electron chi connectivity index (χ3n) is 6.60. The van der Waals surface area contributed by atoms with Gasteiger partial charge in [-0.15, -0.1) is 11.3 Å². The Morgan fingerprint density at radius 3 is 2.83 bits per heavy atom. The van der Waals surface area contributed by atoms with Crippen molar-refractivity contribution >= 4 is 23.1 Å². The van der Waals surface area contributed by atoms with Crippen LogP contribution in [0, 0.1) is 0 Å². The van der Waals surface area contributed by atoms with Crippen LogP contribution in [-0.2, 0) is 6.42 Å².